The number of esters is 2. The van der Waals surface area contributed by atoms with Crippen LogP contribution < -0.4 is 15.7 Å². The number of anilines is 1. The molecule has 3 aromatic rings. The molecule has 170 valence electrons. The van der Waals surface area contributed by atoms with E-state index in [4.69, 9.17) is 18.6 Å². The van der Waals surface area contributed by atoms with Gasteiger partial charge in [0.2, 0.25) is 0 Å². The lowest BCUT2D eigenvalue weighted by Crippen LogP contribution is -2.32. The molecule has 2 heterocycles. The standard InChI is InChI=1S/C25H23NO7/c1-3-31-25(29)20-12-16(23(27)32-14-15-7-5-4-6-8-15)11-19-22(26-20)18-10-9-17(30-2)13-21(18)33-24(19)28/h4-11,13,20,26H,3,12,14H2,1-2H3. The van der Waals surface area contributed by atoms with Crippen LogP contribution in [0.1, 0.15) is 24.5 Å². The Balaban J connectivity index is 1.76. The summed E-state index contributed by atoms with van der Waals surface area (Å²) in [6, 6.07) is 13.3. The van der Waals surface area contributed by atoms with E-state index in [2.05, 4.69) is 5.32 Å². The van der Waals surface area contributed by atoms with E-state index in [1.54, 1.807) is 25.1 Å². The van der Waals surface area contributed by atoms with Crippen LogP contribution in [-0.4, -0.2) is 31.7 Å². The van der Waals surface area contributed by atoms with E-state index in [0.29, 0.717) is 16.8 Å². The van der Waals surface area contributed by atoms with E-state index in [1.165, 1.54) is 13.2 Å². The lowest BCUT2D eigenvalue weighted by Gasteiger charge is -2.18. The van der Waals surface area contributed by atoms with Gasteiger partial charge in [-0.1, -0.05) is 30.3 Å². The highest BCUT2D eigenvalue weighted by Gasteiger charge is 2.30. The Morgan fingerprint density at radius 1 is 1.12 bits per heavy atom. The maximum Gasteiger partial charge on any atom is 0.345 e. The molecule has 1 aliphatic heterocycles. The molecule has 0 spiro atoms. The SMILES string of the molecule is CCOC(=O)C1CC(C(=O)OCc2ccccc2)=Cc2c(c3ccc(OC)cc3oc2=O)N1. The summed E-state index contributed by atoms with van der Waals surface area (Å²) < 4.78 is 21.3. The molecule has 1 unspecified atom stereocenters. The fourth-order valence-corrected chi connectivity index (χ4v) is 3.63. The van der Waals surface area contributed by atoms with Crippen molar-refractivity contribution in [2.24, 2.45) is 0 Å². The van der Waals surface area contributed by atoms with Crippen molar-refractivity contribution < 1.29 is 28.2 Å². The summed E-state index contributed by atoms with van der Waals surface area (Å²) >= 11 is 0. The summed E-state index contributed by atoms with van der Waals surface area (Å²) in [4.78, 5) is 38.4. The molecule has 1 atom stereocenters. The molecular weight excluding hydrogens is 426 g/mol. The van der Waals surface area contributed by atoms with E-state index in [0.717, 1.165) is 5.56 Å². The number of hydrogen-bond donors (Lipinski definition) is 1. The molecule has 4 rings (SSSR count). The number of hydrogen-bond acceptors (Lipinski definition) is 8. The molecule has 0 saturated heterocycles. The van der Waals surface area contributed by atoms with E-state index < -0.39 is 23.6 Å². The second kappa shape index (κ2) is 9.60. The van der Waals surface area contributed by atoms with Crippen molar-refractivity contribution in [3.05, 3.63) is 75.7 Å². The number of carbonyl (C=O) groups is 2. The highest BCUT2D eigenvalue weighted by Crippen LogP contribution is 2.33. The highest BCUT2D eigenvalue weighted by atomic mass is 16.5. The number of nitrogens with one attached hydrogen (secondary N) is 1. The first-order chi connectivity index (χ1) is 16.0. The van der Waals surface area contributed by atoms with E-state index >= 15 is 0 Å². The van der Waals surface area contributed by atoms with Gasteiger partial charge < -0.3 is 23.9 Å². The zero-order valence-corrected chi connectivity index (χ0v) is 18.3. The van der Waals surface area contributed by atoms with Gasteiger partial charge in [0.05, 0.1) is 25.0 Å². The second-order valence-corrected chi connectivity index (χ2v) is 7.42. The van der Waals surface area contributed by atoms with E-state index in [1.807, 2.05) is 30.3 Å². The molecule has 1 aromatic heterocycles. The van der Waals surface area contributed by atoms with Crippen molar-refractivity contribution in [1.82, 2.24) is 0 Å². The first-order valence-corrected chi connectivity index (χ1v) is 10.5. The van der Waals surface area contributed by atoms with Gasteiger partial charge in [0.15, 0.2) is 0 Å². The van der Waals surface area contributed by atoms with Crippen molar-refractivity contribution >= 4 is 34.7 Å². The van der Waals surface area contributed by atoms with Crippen molar-refractivity contribution in [3.63, 3.8) is 0 Å². The predicted octanol–water partition coefficient (Wildman–Crippen LogP) is 3.68. The first-order valence-electron chi connectivity index (χ1n) is 10.5. The zero-order chi connectivity index (χ0) is 23.4. The van der Waals surface area contributed by atoms with Crippen LogP contribution in [0.15, 0.2) is 63.3 Å². The lowest BCUT2D eigenvalue weighted by atomic mass is 10.1. The number of ether oxygens (including phenoxy) is 3. The van der Waals surface area contributed by atoms with Crippen LogP contribution in [0.4, 0.5) is 5.69 Å². The fourth-order valence-electron chi connectivity index (χ4n) is 3.63. The zero-order valence-electron chi connectivity index (χ0n) is 18.3. The number of fused-ring (bicyclic) bond motifs is 3. The Morgan fingerprint density at radius 3 is 2.64 bits per heavy atom. The minimum atomic E-state index is -0.895. The molecular formula is C25H23NO7. The normalized spacial score (nSPS) is 15.0. The lowest BCUT2D eigenvalue weighted by molar-refractivity contribution is -0.144. The summed E-state index contributed by atoms with van der Waals surface area (Å²) in [5.41, 5.74) is 1.13. The van der Waals surface area contributed by atoms with Crippen LogP contribution in [-0.2, 0) is 25.7 Å². The third-order valence-corrected chi connectivity index (χ3v) is 5.26. The second-order valence-electron chi connectivity index (χ2n) is 7.42. The molecule has 8 nitrogen and oxygen atoms in total. The molecule has 8 heteroatoms. The van der Waals surface area contributed by atoms with Crippen molar-refractivity contribution in [1.29, 1.82) is 0 Å². The topological polar surface area (TPSA) is 104 Å². The van der Waals surface area contributed by atoms with Crippen LogP contribution in [0.25, 0.3) is 17.0 Å². The quantitative estimate of drug-likeness (QED) is 0.449. The molecule has 33 heavy (non-hydrogen) atoms. The Bertz CT molecular complexity index is 1280. The number of carbonyl (C=O) groups excluding carboxylic acids is 2. The van der Waals surface area contributed by atoms with Crippen LogP contribution in [0.5, 0.6) is 5.75 Å². The van der Waals surface area contributed by atoms with Gasteiger partial charge in [0.25, 0.3) is 0 Å². The van der Waals surface area contributed by atoms with Crippen molar-refractivity contribution in [3.8, 4) is 5.75 Å². The van der Waals surface area contributed by atoms with Crippen molar-refractivity contribution in [2.75, 3.05) is 19.0 Å². The van der Waals surface area contributed by atoms with Crippen LogP contribution in [0.2, 0.25) is 0 Å². The van der Waals surface area contributed by atoms with Gasteiger partial charge in [-0.2, -0.15) is 0 Å². The van der Waals surface area contributed by atoms with Gasteiger partial charge in [-0.05, 0) is 30.7 Å². The molecule has 1 N–H and O–H groups in total. The molecule has 0 bridgehead atoms. The van der Waals surface area contributed by atoms with Gasteiger partial charge in [-0.25, -0.2) is 14.4 Å². The van der Waals surface area contributed by atoms with E-state index in [9.17, 15) is 14.4 Å². The first kappa shape index (κ1) is 22.1. The summed E-state index contributed by atoms with van der Waals surface area (Å²) in [6.45, 7) is 1.94. The summed E-state index contributed by atoms with van der Waals surface area (Å²) in [5, 5.41) is 3.65. The van der Waals surface area contributed by atoms with E-state index in [-0.39, 0.29) is 36.4 Å². The summed E-state index contributed by atoms with van der Waals surface area (Å²) in [7, 11) is 1.51. The Morgan fingerprint density at radius 2 is 1.91 bits per heavy atom. The molecule has 0 fully saturated rings. The fraction of sp³-hybridized carbons (Fsp3) is 0.240. The van der Waals surface area contributed by atoms with Gasteiger partial charge >= 0.3 is 17.6 Å². The van der Waals surface area contributed by atoms with Gasteiger partial charge in [-0.3, -0.25) is 0 Å². The number of rotatable bonds is 6. The third-order valence-electron chi connectivity index (χ3n) is 5.26. The Hall–Kier alpha value is -4.07. The van der Waals surface area contributed by atoms with Gasteiger partial charge in [0.1, 0.15) is 24.0 Å². The monoisotopic (exact) mass is 449 g/mol. The summed E-state index contributed by atoms with van der Waals surface area (Å²) in [6.07, 6.45) is 1.41. The maximum absolute atomic E-state index is 12.9. The number of methoxy groups -OCH3 is 1. The average Bonchev–Trinajstić information content (AvgIpc) is 3.04. The van der Waals surface area contributed by atoms with Gasteiger partial charge in [0, 0.05) is 23.4 Å². The Kier molecular flexibility index (Phi) is 6.44. The van der Waals surface area contributed by atoms with Crippen LogP contribution in [0.3, 0.4) is 0 Å². The van der Waals surface area contributed by atoms with Crippen molar-refractivity contribution in [2.45, 2.75) is 26.0 Å². The molecule has 0 amide bonds. The molecule has 0 saturated carbocycles. The molecule has 0 radical (unpaired) electrons. The average molecular weight is 449 g/mol. The molecule has 0 aliphatic carbocycles. The third kappa shape index (κ3) is 4.74. The minimum Gasteiger partial charge on any atom is -0.497 e. The summed E-state index contributed by atoms with van der Waals surface area (Å²) in [5.74, 6) is -0.652. The number of benzene rings is 2. The smallest absolute Gasteiger partial charge is 0.345 e. The maximum atomic E-state index is 12.9. The minimum absolute atomic E-state index is 0.0157. The Labute approximate surface area is 189 Å². The van der Waals surface area contributed by atoms with Crippen LogP contribution in [0, 0.1) is 0 Å². The van der Waals surface area contributed by atoms with Gasteiger partial charge in [-0.15, -0.1) is 0 Å². The highest BCUT2D eigenvalue weighted by molar-refractivity contribution is 6.02. The van der Waals surface area contributed by atoms with Crippen LogP contribution >= 0.6 is 0 Å². The molecule has 2 aromatic carbocycles. The predicted molar refractivity (Wildman–Crippen MR) is 122 cm³/mol. The largest absolute Gasteiger partial charge is 0.497 e. The molecule has 1 aliphatic rings.